The molecule has 186 valence electrons. The predicted octanol–water partition coefficient (Wildman–Crippen LogP) is 4.80. The number of hydrogen-bond donors (Lipinski definition) is 2. The average molecular weight is 479 g/mol. The molecule has 0 aromatic heterocycles. The minimum absolute atomic E-state index is 0.0581. The van der Waals surface area contributed by atoms with Gasteiger partial charge in [0.1, 0.15) is 12.6 Å². The molecule has 1 aliphatic heterocycles. The van der Waals surface area contributed by atoms with Crippen LogP contribution in [0.3, 0.4) is 0 Å². The highest BCUT2D eigenvalue weighted by Gasteiger charge is 2.46. The smallest absolute Gasteiger partial charge is 0.407 e. The number of carboxylic acid groups (broad SMARTS) is 1. The summed E-state index contributed by atoms with van der Waals surface area (Å²) in [5.41, 5.74) is 3.66. The zero-order valence-corrected chi connectivity index (χ0v) is 20.5. The van der Waals surface area contributed by atoms with Crippen LogP contribution in [0.1, 0.15) is 63.0 Å². The minimum Gasteiger partial charge on any atom is -0.481 e. The van der Waals surface area contributed by atoms with E-state index in [1.165, 1.54) is 0 Å². The van der Waals surface area contributed by atoms with E-state index >= 15 is 0 Å². The van der Waals surface area contributed by atoms with Crippen molar-refractivity contribution < 1.29 is 24.2 Å². The van der Waals surface area contributed by atoms with Crippen molar-refractivity contribution in [2.45, 2.75) is 57.9 Å². The summed E-state index contributed by atoms with van der Waals surface area (Å²) in [5, 5.41) is 12.5. The quantitative estimate of drug-likeness (QED) is 0.540. The molecule has 0 bridgehead atoms. The minimum atomic E-state index is -0.898. The number of amides is 2. The van der Waals surface area contributed by atoms with Crippen LogP contribution in [0.2, 0.25) is 0 Å². The van der Waals surface area contributed by atoms with Gasteiger partial charge in [0.2, 0.25) is 5.91 Å². The summed E-state index contributed by atoms with van der Waals surface area (Å²) in [5.74, 6) is -1.15. The molecular formula is C28H34N2O5. The molecule has 0 radical (unpaired) electrons. The summed E-state index contributed by atoms with van der Waals surface area (Å²) in [6.07, 6.45) is 2.25. The molecule has 35 heavy (non-hydrogen) atoms. The lowest BCUT2D eigenvalue weighted by Crippen LogP contribution is -2.49. The Balaban J connectivity index is 1.40. The number of carboxylic acids is 1. The van der Waals surface area contributed by atoms with E-state index in [4.69, 9.17) is 4.74 Å². The number of likely N-dealkylation sites (tertiary alicyclic amines) is 1. The molecule has 0 spiro atoms. The van der Waals surface area contributed by atoms with Crippen molar-refractivity contribution in [1.29, 1.82) is 0 Å². The maximum Gasteiger partial charge on any atom is 0.407 e. The van der Waals surface area contributed by atoms with Gasteiger partial charge in [-0.3, -0.25) is 9.59 Å². The van der Waals surface area contributed by atoms with Gasteiger partial charge in [-0.25, -0.2) is 4.79 Å². The number of carbonyl (C=O) groups is 3. The number of benzene rings is 2. The molecule has 0 saturated carbocycles. The molecule has 1 aliphatic carbocycles. The van der Waals surface area contributed by atoms with Gasteiger partial charge in [-0.1, -0.05) is 75.2 Å². The summed E-state index contributed by atoms with van der Waals surface area (Å²) in [7, 11) is 0. The van der Waals surface area contributed by atoms with Crippen LogP contribution in [-0.4, -0.2) is 53.7 Å². The van der Waals surface area contributed by atoms with Crippen LogP contribution in [-0.2, 0) is 14.3 Å². The topological polar surface area (TPSA) is 95.9 Å². The Labute approximate surface area is 206 Å². The number of nitrogens with zero attached hydrogens (tertiary/aromatic N) is 1. The highest BCUT2D eigenvalue weighted by Crippen LogP contribution is 2.44. The van der Waals surface area contributed by atoms with Gasteiger partial charge in [-0.05, 0) is 41.5 Å². The van der Waals surface area contributed by atoms with Gasteiger partial charge < -0.3 is 20.1 Å². The molecule has 7 heteroatoms. The molecule has 2 unspecified atom stereocenters. The maximum atomic E-state index is 13.2. The summed E-state index contributed by atoms with van der Waals surface area (Å²) in [6.45, 7) is 4.64. The van der Waals surface area contributed by atoms with Crippen LogP contribution in [0.25, 0.3) is 11.1 Å². The van der Waals surface area contributed by atoms with Gasteiger partial charge in [-0.15, -0.1) is 0 Å². The van der Waals surface area contributed by atoms with Crippen LogP contribution in [0, 0.1) is 5.41 Å². The first-order chi connectivity index (χ1) is 16.9. The Hall–Kier alpha value is -3.35. The van der Waals surface area contributed by atoms with Crippen LogP contribution in [0.5, 0.6) is 0 Å². The van der Waals surface area contributed by atoms with Crippen LogP contribution >= 0.6 is 0 Å². The van der Waals surface area contributed by atoms with Crippen LogP contribution in [0.15, 0.2) is 48.5 Å². The SMILES string of the molecule is CCCC(NC(=O)OCC1c2ccccc2-c2ccccc21)C(=O)N1CCC(CCC)(C(=O)O)C1. The van der Waals surface area contributed by atoms with Crippen molar-refractivity contribution in [1.82, 2.24) is 10.2 Å². The Bertz CT molecular complexity index is 1050. The highest BCUT2D eigenvalue weighted by atomic mass is 16.5. The van der Waals surface area contributed by atoms with Crippen LogP contribution in [0.4, 0.5) is 4.79 Å². The first-order valence-corrected chi connectivity index (χ1v) is 12.5. The average Bonchev–Trinajstić information content (AvgIpc) is 3.43. The van der Waals surface area contributed by atoms with Gasteiger partial charge in [0.05, 0.1) is 5.41 Å². The molecule has 2 aromatic rings. The van der Waals surface area contributed by atoms with E-state index in [-0.39, 0.29) is 25.0 Å². The van der Waals surface area contributed by atoms with Gasteiger partial charge in [-0.2, -0.15) is 0 Å². The molecule has 1 fully saturated rings. The van der Waals surface area contributed by atoms with E-state index in [2.05, 4.69) is 29.6 Å². The number of nitrogens with one attached hydrogen (secondary N) is 1. The lowest BCUT2D eigenvalue weighted by molar-refractivity contribution is -0.149. The maximum absolute atomic E-state index is 13.2. The summed E-state index contributed by atoms with van der Waals surface area (Å²) < 4.78 is 5.63. The van der Waals surface area contributed by atoms with Gasteiger partial charge in [0, 0.05) is 19.0 Å². The highest BCUT2D eigenvalue weighted by molar-refractivity contribution is 5.87. The van der Waals surface area contributed by atoms with Crippen LogP contribution < -0.4 is 5.32 Å². The number of hydrogen-bond acceptors (Lipinski definition) is 4. The second-order valence-electron chi connectivity index (χ2n) is 9.66. The summed E-state index contributed by atoms with van der Waals surface area (Å²) in [6, 6.07) is 15.5. The van der Waals surface area contributed by atoms with Gasteiger partial charge in [0.25, 0.3) is 0 Å². The molecule has 2 amide bonds. The lowest BCUT2D eigenvalue weighted by Gasteiger charge is -2.27. The summed E-state index contributed by atoms with van der Waals surface area (Å²) in [4.78, 5) is 39.5. The van der Waals surface area contributed by atoms with E-state index < -0.39 is 23.5 Å². The fourth-order valence-corrected chi connectivity index (χ4v) is 5.57. The zero-order chi connectivity index (χ0) is 25.0. The second kappa shape index (κ2) is 10.5. The standard InChI is InChI=1S/C28H34N2O5/c1-3-9-24(25(31)30-16-15-28(18-30,14-4-2)26(32)33)29-27(34)35-17-23-21-12-7-5-10-19(21)20-11-6-8-13-22(20)23/h5-8,10-13,23-24H,3-4,9,14-18H2,1-2H3,(H,29,34)(H,32,33). The van der Waals surface area contributed by atoms with Gasteiger partial charge in [0.15, 0.2) is 0 Å². The molecule has 2 atom stereocenters. The van der Waals surface area contributed by atoms with Crippen molar-refractivity contribution in [2.24, 2.45) is 5.41 Å². The van der Waals surface area contributed by atoms with E-state index in [1.807, 2.05) is 38.1 Å². The number of aliphatic carboxylic acids is 1. The Morgan fingerprint density at radius 2 is 1.69 bits per heavy atom. The molecule has 2 aliphatic rings. The van der Waals surface area contributed by atoms with E-state index in [1.54, 1.807) is 4.90 Å². The van der Waals surface area contributed by atoms with Crippen molar-refractivity contribution >= 4 is 18.0 Å². The normalized spacial score (nSPS) is 19.7. The van der Waals surface area contributed by atoms with Crippen molar-refractivity contribution in [2.75, 3.05) is 19.7 Å². The molecule has 2 N–H and O–H groups in total. The number of alkyl carbamates (subject to hydrolysis) is 1. The third-order valence-electron chi connectivity index (χ3n) is 7.36. The number of rotatable bonds is 9. The Morgan fingerprint density at radius 1 is 1.06 bits per heavy atom. The monoisotopic (exact) mass is 478 g/mol. The number of ether oxygens (including phenoxy) is 1. The van der Waals surface area contributed by atoms with E-state index in [0.29, 0.717) is 32.2 Å². The Kier molecular flexibility index (Phi) is 7.43. The molecule has 4 rings (SSSR count). The van der Waals surface area contributed by atoms with Crippen molar-refractivity contribution in [3.63, 3.8) is 0 Å². The predicted molar refractivity (Wildman–Crippen MR) is 133 cm³/mol. The first-order valence-electron chi connectivity index (χ1n) is 12.5. The molecule has 1 saturated heterocycles. The molecular weight excluding hydrogens is 444 g/mol. The number of fused-ring (bicyclic) bond motifs is 3. The van der Waals surface area contributed by atoms with E-state index in [0.717, 1.165) is 28.7 Å². The van der Waals surface area contributed by atoms with Gasteiger partial charge >= 0.3 is 12.1 Å². The zero-order valence-electron chi connectivity index (χ0n) is 20.5. The second-order valence-corrected chi connectivity index (χ2v) is 9.66. The summed E-state index contributed by atoms with van der Waals surface area (Å²) >= 11 is 0. The third-order valence-corrected chi connectivity index (χ3v) is 7.36. The van der Waals surface area contributed by atoms with Crippen molar-refractivity contribution in [3.05, 3.63) is 59.7 Å². The molecule has 7 nitrogen and oxygen atoms in total. The molecule has 1 heterocycles. The van der Waals surface area contributed by atoms with E-state index in [9.17, 15) is 19.5 Å². The molecule has 2 aromatic carbocycles. The number of carbonyl (C=O) groups excluding carboxylic acids is 2. The largest absolute Gasteiger partial charge is 0.481 e. The van der Waals surface area contributed by atoms with Crippen molar-refractivity contribution in [3.8, 4) is 11.1 Å². The fourth-order valence-electron chi connectivity index (χ4n) is 5.57. The Morgan fingerprint density at radius 3 is 2.26 bits per heavy atom. The lowest BCUT2D eigenvalue weighted by atomic mass is 9.83. The third kappa shape index (κ3) is 4.90. The fraction of sp³-hybridized carbons (Fsp3) is 0.464. The first kappa shape index (κ1) is 24.8.